The number of benzene rings is 1. The molecule has 2 rings (SSSR count). The van der Waals surface area contributed by atoms with Crippen molar-refractivity contribution in [3.05, 3.63) is 23.8 Å². The molecule has 2 N–H and O–H groups in total. The molecule has 0 unspecified atom stereocenters. The lowest BCUT2D eigenvalue weighted by Crippen LogP contribution is -2.47. The number of carbonyl (C=O) groups excluding carboxylic acids is 2. The molecule has 4 atom stereocenters. The van der Waals surface area contributed by atoms with Crippen LogP contribution in [0.3, 0.4) is 0 Å². The predicted octanol–water partition coefficient (Wildman–Crippen LogP) is 3.32. The lowest BCUT2D eigenvalue weighted by Gasteiger charge is -2.35. The lowest BCUT2D eigenvalue weighted by molar-refractivity contribution is -0.116. The molecule has 216 valence electrons. The van der Waals surface area contributed by atoms with E-state index in [1.807, 2.05) is 46.9 Å². The van der Waals surface area contributed by atoms with Crippen LogP contribution in [0.5, 0.6) is 5.75 Å². The van der Waals surface area contributed by atoms with Gasteiger partial charge in [-0.05, 0) is 92.5 Å². The van der Waals surface area contributed by atoms with Gasteiger partial charge in [0.2, 0.25) is 5.91 Å². The Morgan fingerprint density at radius 3 is 2.58 bits per heavy atom. The second-order valence-electron chi connectivity index (χ2n) is 11.2. The first-order valence-electron chi connectivity index (χ1n) is 13.9. The minimum absolute atomic E-state index is 0.0427. The maximum Gasteiger partial charge on any atom is 0.258 e. The largest absolute Gasteiger partial charge is 0.490 e. The normalized spacial score (nSPS) is 22.5. The number of hydrogen-bond donors (Lipinski definition) is 2. The molecule has 1 aliphatic heterocycles. The highest BCUT2D eigenvalue weighted by atomic mass is 16.5. The average molecular weight is 535 g/mol. The number of aliphatic hydroxyl groups excluding tert-OH is 1. The fraction of sp³-hybridized carbons (Fsp3) is 0.724. The molecule has 0 saturated heterocycles. The minimum Gasteiger partial charge on any atom is -0.490 e. The van der Waals surface area contributed by atoms with E-state index < -0.39 is 6.04 Å². The summed E-state index contributed by atoms with van der Waals surface area (Å²) in [5.41, 5.74) is 0.945. The van der Waals surface area contributed by atoms with Gasteiger partial charge in [-0.1, -0.05) is 6.92 Å². The molecule has 0 aliphatic carbocycles. The molecule has 0 saturated carbocycles. The molecule has 9 heteroatoms. The number of likely N-dealkylation sites (N-methyl/N-ethyl adjacent to an activating group) is 1. The number of carbonyl (C=O) groups is 2. The number of ether oxygens (including phenoxy) is 2. The summed E-state index contributed by atoms with van der Waals surface area (Å²) in [5, 5.41) is 13.0. The van der Waals surface area contributed by atoms with E-state index >= 15 is 0 Å². The van der Waals surface area contributed by atoms with Crippen LogP contribution in [0.1, 0.15) is 63.2 Å². The van der Waals surface area contributed by atoms with E-state index in [1.165, 1.54) is 0 Å². The molecule has 38 heavy (non-hydrogen) atoms. The number of nitrogens with zero attached hydrogens (tertiary/aromatic N) is 3. The molecule has 1 aromatic rings. The van der Waals surface area contributed by atoms with E-state index in [-0.39, 0.29) is 36.5 Å². The van der Waals surface area contributed by atoms with Gasteiger partial charge >= 0.3 is 0 Å². The van der Waals surface area contributed by atoms with Crippen molar-refractivity contribution in [2.24, 2.45) is 5.92 Å². The summed E-state index contributed by atoms with van der Waals surface area (Å²) < 4.78 is 12.5. The van der Waals surface area contributed by atoms with Gasteiger partial charge in [-0.15, -0.1) is 0 Å². The van der Waals surface area contributed by atoms with Crippen LogP contribution in [0.2, 0.25) is 0 Å². The molecule has 0 spiro atoms. The van der Waals surface area contributed by atoms with Gasteiger partial charge in [-0.3, -0.25) is 9.59 Å². The van der Waals surface area contributed by atoms with Gasteiger partial charge in [0.25, 0.3) is 5.91 Å². The van der Waals surface area contributed by atoms with Crippen LogP contribution in [-0.2, 0) is 9.53 Å². The number of rotatable bonds is 9. The number of amides is 2. The summed E-state index contributed by atoms with van der Waals surface area (Å²) in [6.45, 7) is 8.44. The predicted molar refractivity (Wildman–Crippen MR) is 152 cm³/mol. The van der Waals surface area contributed by atoms with E-state index in [9.17, 15) is 14.7 Å². The van der Waals surface area contributed by atoms with E-state index in [0.717, 1.165) is 38.8 Å². The van der Waals surface area contributed by atoms with Crippen molar-refractivity contribution in [3.63, 3.8) is 0 Å². The Labute approximate surface area is 229 Å². The molecule has 0 fully saturated rings. The second-order valence-corrected chi connectivity index (χ2v) is 11.2. The van der Waals surface area contributed by atoms with Crippen LogP contribution in [0, 0.1) is 5.92 Å². The number of fused-ring (bicyclic) bond motifs is 1. The van der Waals surface area contributed by atoms with Crippen molar-refractivity contribution in [2.45, 2.75) is 71.1 Å². The molecular formula is C29H50N4O5. The maximum atomic E-state index is 14.0. The first kappa shape index (κ1) is 32.0. The van der Waals surface area contributed by atoms with Crippen LogP contribution in [0.15, 0.2) is 18.2 Å². The van der Waals surface area contributed by atoms with Gasteiger partial charge in [0.05, 0.1) is 30.4 Å². The Kier molecular flexibility index (Phi) is 13.5. The highest BCUT2D eigenvalue weighted by Crippen LogP contribution is 2.28. The molecule has 1 aliphatic rings. The first-order valence-corrected chi connectivity index (χ1v) is 13.9. The quantitative estimate of drug-likeness (QED) is 0.502. The van der Waals surface area contributed by atoms with Gasteiger partial charge in [0.1, 0.15) is 5.75 Å². The Hall–Kier alpha value is -2.20. The summed E-state index contributed by atoms with van der Waals surface area (Å²) in [6.07, 6.45) is 3.75. The zero-order valence-electron chi connectivity index (χ0n) is 24.5. The third-order valence-corrected chi connectivity index (χ3v) is 6.89. The van der Waals surface area contributed by atoms with E-state index in [2.05, 4.69) is 17.1 Å². The van der Waals surface area contributed by atoms with E-state index in [4.69, 9.17) is 9.47 Å². The molecule has 0 bridgehead atoms. The molecule has 0 aromatic heterocycles. The van der Waals surface area contributed by atoms with Crippen molar-refractivity contribution in [1.82, 2.24) is 14.7 Å². The van der Waals surface area contributed by atoms with Crippen molar-refractivity contribution in [2.75, 3.05) is 66.4 Å². The van der Waals surface area contributed by atoms with Gasteiger partial charge in [0, 0.05) is 37.7 Å². The zero-order valence-corrected chi connectivity index (χ0v) is 24.5. The molecular weight excluding hydrogens is 484 g/mol. The third-order valence-electron chi connectivity index (χ3n) is 6.89. The fourth-order valence-electron chi connectivity index (χ4n) is 4.60. The van der Waals surface area contributed by atoms with Crippen molar-refractivity contribution < 1.29 is 24.2 Å². The number of aliphatic hydroxyl groups is 1. The summed E-state index contributed by atoms with van der Waals surface area (Å²) >= 11 is 0. The van der Waals surface area contributed by atoms with Crippen LogP contribution < -0.4 is 10.1 Å². The van der Waals surface area contributed by atoms with Crippen molar-refractivity contribution >= 4 is 17.5 Å². The topological polar surface area (TPSA) is 94.6 Å². The van der Waals surface area contributed by atoms with Gasteiger partial charge < -0.3 is 34.6 Å². The molecule has 9 nitrogen and oxygen atoms in total. The van der Waals surface area contributed by atoms with Crippen LogP contribution in [-0.4, -0.2) is 111 Å². The number of nitrogens with one attached hydrogen (secondary N) is 1. The Morgan fingerprint density at radius 2 is 1.92 bits per heavy atom. The molecule has 1 heterocycles. The summed E-state index contributed by atoms with van der Waals surface area (Å²) in [6, 6.07) is 4.87. The van der Waals surface area contributed by atoms with Crippen LogP contribution in [0.4, 0.5) is 5.69 Å². The highest BCUT2D eigenvalue weighted by Gasteiger charge is 2.30. The Bertz CT molecular complexity index is 879. The SMILES string of the molecule is C[C@@H]1CCCCO[C@H](CN(C)C)[C@H](C)CN([C@@H](C)CO)C(=O)c2cc(NC(=O)CCCN(C)C)ccc2O1. The van der Waals surface area contributed by atoms with Crippen molar-refractivity contribution in [3.8, 4) is 5.75 Å². The number of anilines is 1. The third kappa shape index (κ3) is 10.5. The van der Waals surface area contributed by atoms with Crippen LogP contribution >= 0.6 is 0 Å². The molecule has 2 amide bonds. The zero-order chi connectivity index (χ0) is 28.2. The second kappa shape index (κ2) is 16.0. The summed E-state index contributed by atoms with van der Waals surface area (Å²) in [4.78, 5) is 32.4. The molecule has 1 aromatic carbocycles. The number of hydrogen-bond acceptors (Lipinski definition) is 7. The average Bonchev–Trinajstić information content (AvgIpc) is 2.85. The lowest BCUT2D eigenvalue weighted by atomic mass is 10.0. The van der Waals surface area contributed by atoms with Crippen molar-refractivity contribution in [1.29, 1.82) is 0 Å². The van der Waals surface area contributed by atoms with Gasteiger partial charge in [-0.25, -0.2) is 0 Å². The van der Waals surface area contributed by atoms with Crippen LogP contribution in [0.25, 0.3) is 0 Å². The standard InChI is InChI=1S/C29H50N4O5/c1-21-18-33(22(2)20-34)29(36)25-17-24(30-28(35)12-10-15-31(4)5)13-14-26(25)38-23(3)11-8-9-16-37-27(21)19-32(6)7/h13-14,17,21-23,27,34H,8-12,15-16,18-20H2,1-7H3,(H,30,35)/t21-,22+,23-,27-/m1/s1. The summed E-state index contributed by atoms with van der Waals surface area (Å²) in [5.74, 6) is 0.215. The highest BCUT2D eigenvalue weighted by molar-refractivity contribution is 5.99. The monoisotopic (exact) mass is 534 g/mol. The van der Waals surface area contributed by atoms with Gasteiger partial charge in [0.15, 0.2) is 0 Å². The van der Waals surface area contributed by atoms with E-state index in [1.54, 1.807) is 23.1 Å². The smallest absolute Gasteiger partial charge is 0.258 e. The minimum atomic E-state index is -0.396. The Balaban J connectivity index is 2.40. The van der Waals surface area contributed by atoms with E-state index in [0.29, 0.717) is 36.6 Å². The summed E-state index contributed by atoms with van der Waals surface area (Å²) in [7, 11) is 8.00. The Morgan fingerprint density at radius 1 is 1.18 bits per heavy atom. The maximum absolute atomic E-state index is 14.0. The fourth-order valence-corrected chi connectivity index (χ4v) is 4.60. The first-order chi connectivity index (χ1) is 18.0. The molecule has 0 radical (unpaired) electrons. The van der Waals surface area contributed by atoms with Gasteiger partial charge in [-0.2, -0.15) is 0 Å².